The Morgan fingerprint density at radius 2 is 2.50 bits per heavy atom. The quantitative estimate of drug-likeness (QED) is 0.304. The Bertz CT molecular complexity index is 56.3. The van der Waals surface area contributed by atoms with E-state index in [-0.39, 0.29) is 0 Å². The molecule has 0 rings (SSSR count). The van der Waals surface area contributed by atoms with Gasteiger partial charge in [0.1, 0.15) is 0 Å². The minimum atomic E-state index is 0.507. The van der Waals surface area contributed by atoms with E-state index in [1.54, 1.807) is 7.11 Å². The fourth-order valence-corrected chi connectivity index (χ4v) is 0.724. The first-order valence-corrected chi connectivity index (χ1v) is 4.31. The van der Waals surface area contributed by atoms with Crippen molar-refractivity contribution in [1.82, 2.24) is 0 Å². The molecule has 0 aromatic heterocycles. The van der Waals surface area contributed by atoms with Crippen LogP contribution in [-0.4, -0.2) is 7.11 Å². The Morgan fingerprint density at radius 3 is 2.67 bits per heavy atom. The molecule has 34 valence electrons. The first kappa shape index (κ1) is 6.38. The van der Waals surface area contributed by atoms with E-state index in [1.165, 1.54) is 0 Å². The number of terminal acetylenes is 1. The molecule has 0 saturated heterocycles. The summed E-state index contributed by atoms with van der Waals surface area (Å²) in [5.74, 6) is 0. The molecule has 0 radical (unpaired) electrons. The molecule has 0 aliphatic carbocycles. The minimum Gasteiger partial charge on any atom is -0.360 e. The highest BCUT2D eigenvalue weighted by atomic mass is 32.0. The van der Waals surface area contributed by atoms with Gasteiger partial charge in [-0.15, -0.1) is 6.42 Å². The van der Waals surface area contributed by atoms with Crippen LogP contribution in [-0.2, 0) is 4.52 Å². The van der Waals surface area contributed by atoms with Gasteiger partial charge < -0.3 is 4.52 Å². The zero-order valence-electron chi connectivity index (χ0n) is 3.49. The third kappa shape index (κ3) is 4.38. The molecule has 0 aromatic rings. The monoisotopic (exact) mass is 120 g/mol. The van der Waals surface area contributed by atoms with Crippen molar-refractivity contribution in [2.45, 2.75) is 0 Å². The van der Waals surface area contributed by atoms with E-state index in [2.05, 4.69) is 10.2 Å². The van der Waals surface area contributed by atoms with Crippen LogP contribution in [0.2, 0.25) is 0 Å². The van der Waals surface area contributed by atoms with E-state index in [0.29, 0.717) is 16.8 Å². The molecule has 0 saturated carbocycles. The third-order valence-electron chi connectivity index (χ3n) is 0.225. The van der Waals surface area contributed by atoms with Gasteiger partial charge >= 0.3 is 0 Å². The second-order valence-electron chi connectivity index (χ2n) is 0.576. The molecule has 0 heterocycles. The van der Waals surface area contributed by atoms with E-state index in [0.717, 1.165) is 0 Å². The van der Waals surface area contributed by atoms with Gasteiger partial charge in [-0.3, -0.25) is 0 Å². The minimum absolute atomic E-state index is 0.507. The molecule has 0 fully saturated rings. The maximum Gasteiger partial charge on any atom is 0.0482 e. The van der Waals surface area contributed by atoms with Crippen LogP contribution in [0.15, 0.2) is 0 Å². The summed E-state index contributed by atoms with van der Waals surface area (Å²) in [6.07, 6.45) is 4.90. The van der Waals surface area contributed by atoms with Crippen LogP contribution in [0, 0.1) is 12.1 Å². The van der Waals surface area contributed by atoms with Crippen LogP contribution in [0.5, 0.6) is 0 Å². The summed E-state index contributed by atoms with van der Waals surface area (Å²) in [5.41, 5.74) is 2.48. The molecule has 0 N–H and O–H groups in total. The summed E-state index contributed by atoms with van der Waals surface area (Å²) in [7, 11) is 2.71. The van der Waals surface area contributed by atoms with Crippen molar-refractivity contribution in [2.75, 3.05) is 7.11 Å². The van der Waals surface area contributed by atoms with Crippen molar-refractivity contribution in [3.63, 3.8) is 0 Å². The second-order valence-corrected chi connectivity index (χ2v) is 3.09. The standard InChI is InChI=1S/C3H6OP2/c1-3-5-6-4-2/h1,5-6H,2H3. The lowest BCUT2D eigenvalue weighted by Crippen LogP contribution is -1.46. The molecule has 0 amide bonds. The smallest absolute Gasteiger partial charge is 0.0482 e. The lowest BCUT2D eigenvalue weighted by atomic mass is 11.4. The van der Waals surface area contributed by atoms with Crippen molar-refractivity contribution in [3.05, 3.63) is 0 Å². The van der Waals surface area contributed by atoms with E-state index < -0.39 is 0 Å². The van der Waals surface area contributed by atoms with Crippen LogP contribution in [0.25, 0.3) is 0 Å². The van der Waals surface area contributed by atoms with Crippen LogP contribution in [0.1, 0.15) is 0 Å². The van der Waals surface area contributed by atoms with Crippen LogP contribution in [0.4, 0.5) is 0 Å². The average Bonchev–Trinajstić information content (AvgIpc) is 1.61. The lowest BCUT2D eigenvalue weighted by Gasteiger charge is -1.84. The Morgan fingerprint density at radius 1 is 1.83 bits per heavy atom. The van der Waals surface area contributed by atoms with E-state index in [9.17, 15) is 0 Å². The molecule has 2 atom stereocenters. The van der Waals surface area contributed by atoms with Gasteiger partial charge in [0.25, 0.3) is 0 Å². The van der Waals surface area contributed by atoms with Gasteiger partial charge in [-0.2, -0.15) is 0 Å². The molecule has 1 nitrogen and oxygen atoms in total. The van der Waals surface area contributed by atoms with Gasteiger partial charge in [-0.25, -0.2) is 0 Å². The normalized spacial score (nSPS) is 11.3. The fraction of sp³-hybridized carbons (Fsp3) is 0.333. The number of hydrogen-bond acceptors (Lipinski definition) is 1. The molecule has 3 heteroatoms. The average molecular weight is 120 g/mol. The Labute approximate surface area is 41.4 Å². The molecule has 0 bridgehead atoms. The molecule has 0 spiro atoms. The van der Waals surface area contributed by atoms with Crippen molar-refractivity contribution in [1.29, 1.82) is 0 Å². The summed E-state index contributed by atoms with van der Waals surface area (Å²) in [6.45, 7) is 0. The maximum atomic E-state index is 4.90. The predicted octanol–water partition coefficient (Wildman–Crippen LogP) is 1.41. The van der Waals surface area contributed by atoms with Gasteiger partial charge in [0.05, 0.1) is 0 Å². The van der Waals surface area contributed by atoms with Gasteiger partial charge in [-0.05, 0) is 0 Å². The topological polar surface area (TPSA) is 9.23 Å². The Balaban J connectivity index is 2.54. The molecule has 2 unspecified atom stereocenters. The van der Waals surface area contributed by atoms with E-state index in [4.69, 9.17) is 6.42 Å². The van der Waals surface area contributed by atoms with Crippen molar-refractivity contribution in [2.24, 2.45) is 0 Å². The Hall–Kier alpha value is 0.380. The molecule has 0 aromatic carbocycles. The summed E-state index contributed by atoms with van der Waals surface area (Å²) >= 11 is 0. The molecule has 0 aliphatic rings. The van der Waals surface area contributed by atoms with Gasteiger partial charge in [-0.1, -0.05) is 5.66 Å². The summed E-state index contributed by atoms with van der Waals surface area (Å²) in [4.78, 5) is 0. The molecular formula is C3H6OP2. The van der Waals surface area contributed by atoms with Crippen LogP contribution < -0.4 is 0 Å². The first-order valence-electron chi connectivity index (χ1n) is 1.40. The Kier molecular flexibility index (Phi) is 5.72. The summed E-state index contributed by atoms with van der Waals surface area (Å²) in [6, 6.07) is 0. The van der Waals surface area contributed by atoms with Gasteiger partial charge in [0.15, 0.2) is 0 Å². The van der Waals surface area contributed by atoms with E-state index >= 15 is 0 Å². The molecular weight excluding hydrogens is 114 g/mol. The van der Waals surface area contributed by atoms with Crippen molar-refractivity contribution < 1.29 is 4.52 Å². The van der Waals surface area contributed by atoms with Crippen LogP contribution in [0.3, 0.4) is 0 Å². The molecule has 0 aliphatic heterocycles. The molecule has 6 heavy (non-hydrogen) atoms. The lowest BCUT2D eigenvalue weighted by molar-refractivity contribution is 0.485. The maximum absolute atomic E-state index is 4.90. The van der Waals surface area contributed by atoms with Crippen molar-refractivity contribution in [3.8, 4) is 12.1 Å². The number of hydrogen-bond donors (Lipinski definition) is 0. The highest BCUT2D eigenvalue weighted by molar-refractivity contribution is 8.12. The van der Waals surface area contributed by atoms with Gasteiger partial charge in [0.2, 0.25) is 0 Å². The summed E-state index contributed by atoms with van der Waals surface area (Å²) < 4.78 is 4.68. The van der Waals surface area contributed by atoms with Crippen LogP contribution >= 0.6 is 16.8 Å². The van der Waals surface area contributed by atoms with Crippen molar-refractivity contribution >= 4 is 16.8 Å². The predicted molar refractivity (Wildman–Crippen MR) is 32.5 cm³/mol. The summed E-state index contributed by atoms with van der Waals surface area (Å²) in [5, 5.41) is 0. The highest BCUT2D eigenvalue weighted by Gasteiger charge is 1.69. The number of rotatable bonds is 2. The van der Waals surface area contributed by atoms with E-state index in [1.807, 2.05) is 0 Å². The highest BCUT2D eigenvalue weighted by Crippen LogP contribution is 2.34. The first-order chi connectivity index (χ1) is 2.91. The third-order valence-corrected chi connectivity index (χ3v) is 2.03. The zero-order valence-corrected chi connectivity index (χ0v) is 5.49. The fourth-order valence-electron chi connectivity index (χ4n) is 0.0805. The van der Waals surface area contributed by atoms with Gasteiger partial charge in [0, 0.05) is 23.9 Å². The largest absolute Gasteiger partial charge is 0.360 e. The SMILES string of the molecule is C#CPPOC. The second kappa shape index (κ2) is 5.38. The zero-order chi connectivity index (χ0) is 4.83.